The Balaban J connectivity index is 1.77. The Hall–Kier alpha value is -2.14. The third-order valence-corrected chi connectivity index (χ3v) is 3.16. The fourth-order valence-corrected chi connectivity index (χ4v) is 2.21. The summed E-state index contributed by atoms with van der Waals surface area (Å²) < 4.78 is 5.10. The van der Waals surface area contributed by atoms with E-state index in [0.29, 0.717) is 23.3 Å². The highest BCUT2D eigenvalue weighted by Gasteiger charge is 2.34. The van der Waals surface area contributed by atoms with Crippen LogP contribution in [0.1, 0.15) is 26.5 Å². The number of imide groups is 1. The van der Waals surface area contributed by atoms with Gasteiger partial charge in [-0.15, -0.1) is 0 Å². The number of rotatable bonds is 3. The van der Waals surface area contributed by atoms with Gasteiger partial charge in [0.05, 0.1) is 17.3 Å². The quantitative estimate of drug-likeness (QED) is 0.806. The van der Waals surface area contributed by atoms with Crippen LogP contribution in [0.25, 0.3) is 0 Å². The molecule has 0 bridgehead atoms. The molecule has 0 saturated heterocycles. The average molecular weight is 277 g/mol. The summed E-state index contributed by atoms with van der Waals surface area (Å²) in [6.07, 6.45) is 1.88. The van der Waals surface area contributed by atoms with Crippen LogP contribution in [0, 0.1) is 0 Å². The van der Waals surface area contributed by atoms with Gasteiger partial charge in [0, 0.05) is 13.0 Å². The molecule has 2 aromatic rings. The molecule has 1 aromatic carbocycles. The molecule has 19 heavy (non-hydrogen) atoms. The van der Waals surface area contributed by atoms with Crippen LogP contribution in [0.15, 0.2) is 34.9 Å². The van der Waals surface area contributed by atoms with Crippen molar-refractivity contribution in [2.75, 3.05) is 6.54 Å². The molecule has 0 saturated carbocycles. The number of nitrogens with zero attached hydrogens (tertiary/aromatic N) is 2. The third-order valence-electron chi connectivity index (χ3n) is 2.99. The lowest BCUT2D eigenvalue weighted by atomic mass is 10.1. The van der Waals surface area contributed by atoms with Gasteiger partial charge in [-0.3, -0.25) is 14.5 Å². The van der Waals surface area contributed by atoms with Crippen LogP contribution in [0.4, 0.5) is 0 Å². The first-order valence-electron chi connectivity index (χ1n) is 5.72. The Kier molecular flexibility index (Phi) is 2.83. The highest BCUT2D eigenvalue weighted by molar-refractivity contribution is 6.27. The number of hydrogen-bond acceptors (Lipinski definition) is 4. The maximum atomic E-state index is 12.1. The van der Waals surface area contributed by atoms with E-state index < -0.39 is 0 Å². The van der Waals surface area contributed by atoms with Crippen LogP contribution in [-0.4, -0.2) is 28.2 Å². The molecule has 0 unspecified atom stereocenters. The molecule has 0 aliphatic carbocycles. The van der Waals surface area contributed by atoms with Crippen LogP contribution >= 0.6 is 11.6 Å². The molecule has 6 heteroatoms. The van der Waals surface area contributed by atoms with E-state index in [-0.39, 0.29) is 23.7 Å². The fourth-order valence-electron chi connectivity index (χ4n) is 2.06. The van der Waals surface area contributed by atoms with Gasteiger partial charge in [0.15, 0.2) is 0 Å². The Bertz CT molecular complexity index is 630. The Morgan fingerprint density at radius 3 is 2.32 bits per heavy atom. The highest BCUT2D eigenvalue weighted by atomic mass is 35.5. The minimum absolute atomic E-state index is 0.0531. The Morgan fingerprint density at radius 1 is 1.16 bits per heavy atom. The summed E-state index contributed by atoms with van der Waals surface area (Å²) in [5, 5.41) is 0.0531. The van der Waals surface area contributed by atoms with E-state index in [9.17, 15) is 9.59 Å². The maximum absolute atomic E-state index is 12.1. The summed E-state index contributed by atoms with van der Waals surface area (Å²) in [6, 6.07) is 6.79. The second-order valence-corrected chi connectivity index (χ2v) is 4.46. The molecule has 1 aromatic heterocycles. The fraction of sp³-hybridized carbons (Fsp3) is 0.154. The van der Waals surface area contributed by atoms with E-state index in [4.69, 9.17) is 16.0 Å². The minimum atomic E-state index is -0.272. The van der Waals surface area contributed by atoms with Crippen LogP contribution in [0.5, 0.6) is 0 Å². The molecular weight excluding hydrogens is 268 g/mol. The lowest BCUT2D eigenvalue weighted by Crippen LogP contribution is -2.31. The zero-order chi connectivity index (χ0) is 13.4. The van der Waals surface area contributed by atoms with Crippen molar-refractivity contribution >= 4 is 23.4 Å². The SMILES string of the molecule is O=C1c2ccccc2C(=O)N1CCc1cnc(Cl)o1. The number of oxazole rings is 1. The van der Waals surface area contributed by atoms with Crippen molar-refractivity contribution in [3.63, 3.8) is 0 Å². The van der Waals surface area contributed by atoms with Gasteiger partial charge in [-0.1, -0.05) is 12.1 Å². The predicted molar refractivity (Wildman–Crippen MR) is 67.0 cm³/mol. The van der Waals surface area contributed by atoms with Crippen LogP contribution < -0.4 is 0 Å². The van der Waals surface area contributed by atoms with Crippen molar-refractivity contribution in [2.45, 2.75) is 6.42 Å². The molecule has 1 aliphatic heterocycles. The summed E-state index contributed by atoms with van der Waals surface area (Å²) in [4.78, 5) is 29.1. The second-order valence-electron chi connectivity index (χ2n) is 4.14. The zero-order valence-electron chi connectivity index (χ0n) is 9.80. The molecule has 0 fully saturated rings. The van der Waals surface area contributed by atoms with E-state index in [2.05, 4.69) is 4.98 Å². The summed E-state index contributed by atoms with van der Waals surface area (Å²) in [7, 11) is 0. The average Bonchev–Trinajstić information content (AvgIpc) is 2.93. The van der Waals surface area contributed by atoms with Gasteiger partial charge in [0.1, 0.15) is 5.76 Å². The lowest BCUT2D eigenvalue weighted by molar-refractivity contribution is 0.0654. The number of benzene rings is 1. The maximum Gasteiger partial charge on any atom is 0.292 e. The van der Waals surface area contributed by atoms with E-state index in [1.54, 1.807) is 24.3 Å². The van der Waals surface area contributed by atoms with Crippen molar-refractivity contribution < 1.29 is 14.0 Å². The number of carbonyl (C=O) groups is 2. The van der Waals surface area contributed by atoms with Crippen LogP contribution in [-0.2, 0) is 6.42 Å². The van der Waals surface area contributed by atoms with Crippen molar-refractivity contribution in [3.05, 3.63) is 52.7 Å². The molecule has 2 heterocycles. The van der Waals surface area contributed by atoms with Gasteiger partial charge in [-0.2, -0.15) is 0 Å². The van der Waals surface area contributed by atoms with Crippen molar-refractivity contribution in [2.24, 2.45) is 0 Å². The Morgan fingerprint density at radius 2 is 1.79 bits per heavy atom. The summed E-state index contributed by atoms with van der Waals surface area (Å²) in [5.41, 5.74) is 0.895. The third kappa shape index (κ3) is 2.02. The van der Waals surface area contributed by atoms with Gasteiger partial charge in [0.25, 0.3) is 17.2 Å². The molecule has 96 valence electrons. The van der Waals surface area contributed by atoms with Gasteiger partial charge in [-0.25, -0.2) is 4.98 Å². The van der Waals surface area contributed by atoms with Crippen LogP contribution in [0.3, 0.4) is 0 Å². The molecule has 0 radical (unpaired) electrons. The second kappa shape index (κ2) is 4.51. The summed E-state index contributed by atoms with van der Waals surface area (Å²) in [5.74, 6) is -0.000944. The number of carbonyl (C=O) groups excluding carboxylic acids is 2. The Labute approximate surface area is 113 Å². The molecular formula is C13H9ClN2O3. The first kappa shape index (κ1) is 11.9. The number of halogens is 1. The van der Waals surface area contributed by atoms with E-state index in [1.807, 2.05) is 0 Å². The standard InChI is InChI=1S/C13H9ClN2O3/c14-13-15-7-8(19-13)5-6-16-11(17)9-3-1-2-4-10(9)12(16)18/h1-4,7H,5-6H2. The molecule has 0 atom stereocenters. The van der Waals surface area contributed by atoms with Crippen molar-refractivity contribution in [1.82, 2.24) is 9.88 Å². The highest BCUT2D eigenvalue weighted by Crippen LogP contribution is 2.22. The molecule has 0 N–H and O–H groups in total. The minimum Gasteiger partial charge on any atom is -0.433 e. The topological polar surface area (TPSA) is 63.4 Å². The lowest BCUT2D eigenvalue weighted by Gasteiger charge is -2.12. The summed E-state index contributed by atoms with van der Waals surface area (Å²) >= 11 is 5.56. The first-order chi connectivity index (χ1) is 9.16. The largest absolute Gasteiger partial charge is 0.433 e. The van der Waals surface area contributed by atoms with Gasteiger partial charge < -0.3 is 4.42 Å². The number of amides is 2. The van der Waals surface area contributed by atoms with E-state index in [1.165, 1.54) is 11.1 Å². The molecule has 1 aliphatic rings. The normalized spacial score (nSPS) is 14.1. The van der Waals surface area contributed by atoms with Crippen molar-refractivity contribution in [3.8, 4) is 0 Å². The van der Waals surface area contributed by atoms with Gasteiger partial charge >= 0.3 is 0 Å². The first-order valence-corrected chi connectivity index (χ1v) is 6.10. The predicted octanol–water partition coefficient (Wildman–Crippen LogP) is 2.17. The zero-order valence-corrected chi connectivity index (χ0v) is 10.6. The van der Waals surface area contributed by atoms with Crippen molar-refractivity contribution in [1.29, 1.82) is 0 Å². The van der Waals surface area contributed by atoms with E-state index in [0.717, 1.165) is 0 Å². The number of hydrogen-bond donors (Lipinski definition) is 0. The molecule has 5 nitrogen and oxygen atoms in total. The summed E-state index contributed by atoms with van der Waals surface area (Å²) in [6.45, 7) is 0.248. The molecule has 2 amide bonds. The molecule has 3 rings (SSSR count). The van der Waals surface area contributed by atoms with Crippen LogP contribution in [0.2, 0.25) is 5.35 Å². The smallest absolute Gasteiger partial charge is 0.292 e. The van der Waals surface area contributed by atoms with Gasteiger partial charge in [-0.05, 0) is 23.7 Å². The number of aromatic nitrogens is 1. The monoisotopic (exact) mass is 276 g/mol. The van der Waals surface area contributed by atoms with E-state index >= 15 is 0 Å². The van der Waals surface area contributed by atoms with Gasteiger partial charge in [0.2, 0.25) is 0 Å². The number of fused-ring (bicyclic) bond motifs is 1. The molecule has 0 spiro atoms.